The normalized spacial score (nSPS) is 11.2. The molecule has 1 N–H and O–H groups in total. The van der Waals surface area contributed by atoms with Gasteiger partial charge in [-0.1, -0.05) is 30.3 Å². The van der Waals surface area contributed by atoms with Gasteiger partial charge >= 0.3 is 0 Å². The summed E-state index contributed by atoms with van der Waals surface area (Å²) in [5.74, 6) is -0.307. The van der Waals surface area contributed by atoms with E-state index in [4.69, 9.17) is 5.26 Å². The van der Waals surface area contributed by atoms with Gasteiger partial charge in [-0.15, -0.1) is 0 Å². The lowest BCUT2D eigenvalue weighted by Gasteiger charge is -2.20. The first-order valence-electron chi connectivity index (χ1n) is 8.09. The SMILES string of the molecule is Cc1ccccc1CN(CCC(=O)Nc1cccc(C#N)c1)S(C)(=O)=O. The topological polar surface area (TPSA) is 90.3 Å². The highest BCUT2D eigenvalue weighted by Crippen LogP contribution is 2.14. The molecule has 6 nitrogen and oxygen atoms in total. The van der Waals surface area contributed by atoms with E-state index in [9.17, 15) is 13.2 Å². The van der Waals surface area contributed by atoms with Crippen LogP contribution in [-0.2, 0) is 21.4 Å². The third-order valence-electron chi connectivity index (χ3n) is 3.94. The van der Waals surface area contributed by atoms with Gasteiger partial charge < -0.3 is 5.32 Å². The van der Waals surface area contributed by atoms with Crippen LogP contribution >= 0.6 is 0 Å². The summed E-state index contributed by atoms with van der Waals surface area (Å²) in [6.07, 6.45) is 1.16. The minimum absolute atomic E-state index is 0.0235. The zero-order valence-corrected chi connectivity index (χ0v) is 15.6. The van der Waals surface area contributed by atoms with Crippen LogP contribution in [0, 0.1) is 18.3 Å². The van der Waals surface area contributed by atoms with Gasteiger partial charge in [-0.2, -0.15) is 9.57 Å². The molecule has 0 aliphatic heterocycles. The quantitative estimate of drug-likeness (QED) is 0.810. The molecule has 0 spiro atoms. The predicted octanol–water partition coefficient (Wildman–Crippen LogP) is 2.66. The van der Waals surface area contributed by atoms with Crippen LogP contribution in [0.1, 0.15) is 23.1 Å². The molecule has 136 valence electrons. The second-order valence-electron chi connectivity index (χ2n) is 6.01. The van der Waals surface area contributed by atoms with E-state index in [-0.39, 0.29) is 25.4 Å². The Morgan fingerprint density at radius 2 is 1.92 bits per heavy atom. The number of benzene rings is 2. The summed E-state index contributed by atoms with van der Waals surface area (Å²) in [5, 5.41) is 11.6. The molecule has 26 heavy (non-hydrogen) atoms. The average molecular weight is 371 g/mol. The van der Waals surface area contributed by atoms with E-state index in [0.29, 0.717) is 11.3 Å². The number of aryl methyl sites for hydroxylation is 1. The van der Waals surface area contributed by atoms with Gasteiger partial charge in [0.15, 0.2) is 0 Å². The Morgan fingerprint density at radius 1 is 1.19 bits per heavy atom. The van der Waals surface area contributed by atoms with Crippen molar-refractivity contribution in [2.24, 2.45) is 0 Å². The summed E-state index contributed by atoms with van der Waals surface area (Å²) in [5.41, 5.74) is 2.86. The summed E-state index contributed by atoms with van der Waals surface area (Å²) >= 11 is 0. The molecule has 0 unspecified atom stereocenters. The minimum Gasteiger partial charge on any atom is -0.326 e. The molecular formula is C19H21N3O3S. The number of hydrogen-bond acceptors (Lipinski definition) is 4. The average Bonchev–Trinajstić information content (AvgIpc) is 2.59. The highest BCUT2D eigenvalue weighted by molar-refractivity contribution is 7.88. The number of amides is 1. The molecule has 0 saturated heterocycles. The maximum Gasteiger partial charge on any atom is 0.225 e. The van der Waals surface area contributed by atoms with E-state index in [1.807, 2.05) is 37.3 Å². The van der Waals surface area contributed by atoms with E-state index in [0.717, 1.165) is 17.4 Å². The van der Waals surface area contributed by atoms with Crippen molar-refractivity contribution in [2.75, 3.05) is 18.1 Å². The molecule has 2 aromatic rings. The van der Waals surface area contributed by atoms with Crippen LogP contribution < -0.4 is 5.32 Å². The largest absolute Gasteiger partial charge is 0.326 e. The molecule has 0 atom stereocenters. The fourth-order valence-electron chi connectivity index (χ4n) is 2.46. The van der Waals surface area contributed by atoms with Gasteiger partial charge in [0, 0.05) is 25.2 Å². The molecule has 0 fully saturated rings. The fourth-order valence-corrected chi connectivity index (χ4v) is 3.25. The smallest absolute Gasteiger partial charge is 0.225 e. The van der Waals surface area contributed by atoms with Crippen molar-refractivity contribution in [3.63, 3.8) is 0 Å². The molecule has 0 saturated carbocycles. The first kappa shape index (κ1) is 19.6. The van der Waals surface area contributed by atoms with Crippen LogP contribution in [0.4, 0.5) is 5.69 Å². The van der Waals surface area contributed by atoms with Crippen LogP contribution in [0.3, 0.4) is 0 Å². The van der Waals surface area contributed by atoms with E-state index < -0.39 is 10.0 Å². The Morgan fingerprint density at radius 3 is 2.58 bits per heavy atom. The maximum absolute atomic E-state index is 12.1. The third kappa shape index (κ3) is 5.69. The predicted molar refractivity (Wildman–Crippen MR) is 101 cm³/mol. The van der Waals surface area contributed by atoms with Crippen molar-refractivity contribution in [3.05, 3.63) is 65.2 Å². The highest BCUT2D eigenvalue weighted by Gasteiger charge is 2.19. The molecule has 0 aromatic heterocycles. The van der Waals surface area contributed by atoms with Gasteiger partial charge in [0.1, 0.15) is 0 Å². The first-order valence-corrected chi connectivity index (χ1v) is 9.94. The number of nitriles is 1. The van der Waals surface area contributed by atoms with Gasteiger partial charge in [-0.3, -0.25) is 4.79 Å². The number of anilines is 1. The number of sulfonamides is 1. The highest BCUT2D eigenvalue weighted by atomic mass is 32.2. The van der Waals surface area contributed by atoms with Crippen molar-refractivity contribution in [3.8, 4) is 6.07 Å². The third-order valence-corrected chi connectivity index (χ3v) is 5.19. The van der Waals surface area contributed by atoms with Crippen LogP contribution in [0.25, 0.3) is 0 Å². The summed E-state index contributed by atoms with van der Waals surface area (Å²) < 4.78 is 25.4. The van der Waals surface area contributed by atoms with E-state index in [1.54, 1.807) is 24.3 Å². The number of rotatable bonds is 7. The number of carbonyl (C=O) groups excluding carboxylic acids is 1. The van der Waals surface area contributed by atoms with E-state index >= 15 is 0 Å². The van der Waals surface area contributed by atoms with Crippen molar-refractivity contribution in [2.45, 2.75) is 19.9 Å². The summed E-state index contributed by atoms with van der Waals surface area (Å²) in [4.78, 5) is 12.1. The molecule has 0 aliphatic carbocycles. The van der Waals surface area contributed by atoms with Gasteiger partial charge in [-0.05, 0) is 36.2 Å². The Hall–Kier alpha value is -2.69. The van der Waals surface area contributed by atoms with Crippen molar-refractivity contribution in [1.29, 1.82) is 5.26 Å². The van der Waals surface area contributed by atoms with Crippen molar-refractivity contribution >= 4 is 21.6 Å². The van der Waals surface area contributed by atoms with Crippen LogP contribution in [0.2, 0.25) is 0 Å². The lowest BCUT2D eigenvalue weighted by atomic mass is 10.1. The second kappa shape index (κ2) is 8.61. The second-order valence-corrected chi connectivity index (χ2v) is 8.00. The zero-order valence-electron chi connectivity index (χ0n) is 14.8. The van der Waals surface area contributed by atoms with Crippen LogP contribution in [0.15, 0.2) is 48.5 Å². The summed E-state index contributed by atoms with van der Waals surface area (Å²) in [6, 6.07) is 16.1. The first-order chi connectivity index (χ1) is 12.3. The Bertz CT molecular complexity index is 933. The Kier molecular flexibility index (Phi) is 6.50. The lowest BCUT2D eigenvalue weighted by molar-refractivity contribution is -0.116. The Labute approximate surface area is 154 Å². The molecule has 0 aliphatic rings. The maximum atomic E-state index is 12.1. The molecule has 1 amide bonds. The van der Waals surface area contributed by atoms with Gasteiger partial charge in [0.2, 0.25) is 15.9 Å². The Balaban J connectivity index is 2.02. The fraction of sp³-hybridized carbons (Fsp3) is 0.263. The number of nitrogens with one attached hydrogen (secondary N) is 1. The number of carbonyl (C=O) groups is 1. The molecule has 2 aromatic carbocycles. The lowest BCUT2D eigenvalue weighted by Crippen LogP contribution is -2.32. The summed E-state index contributed by atoms with van der Waals surface area (Å²) in [7, 11) is -3.45. The van der Waals surface area contributed by atoms with Gasteiger partial charge in [0.05, 0.1) is 17.9 Å². The molecule has 0 heterocycles. The molecular weight excluding hydrogens is 350 g/mol. The van der Waals surface area contributed by atoms with Crippen LogP contribution in [0.5, 0.6) is 0 Å². The molecule has 0 bridgehead atoms. The van der Waals surface area contributed by atoms with Gasteiger partial charge in [-0.25, -0.2) is 8.42 Å². The van der Waals surface area contributed by atoms with E-state index in [2.05, 4.69) is 5.32 Å². The zero-order chi connectivity index (χ0) is 19.2. The van der Waals surface area contributed by atoms with Crippen LogP contribution in [-0.4, -0.2) is 31.4 Å². The van der Waals surface area contributed by atoms with Gasteiger partial charge in [0.25, 0.3) is 0 Å². The minimum atomic E-state index is -3.45. The monoisotopic (exact) mass is 371 g/mol. The molecule has 0 radical (unpaired) electrons. The number of hydrogen-bond donors (Lipinski definition) is 1. The van der Waals surface area contributed by atoms with Crippen molar-refractivity contribution in [1.82, 2.24) is 4.31 Å². The van der Waals surface area contributed by atoms with E-state index in [1.165, 1.54) is 4.31 Å². The number of nitrogens with zero attached hydrogens (tertiary/aromatic N) is 2. The van der Waals surface area contributed by atoms with Crippen molar-refractivity contribution < 1.29 is 13.2 Å². The summed E-state index contributed by atoms with van der Waals surface area (Å²) in [6.45, 7) is 2.23. The molecule has 7 heteroatoms. The standard InChI is InChI=1S/C19H21N3O3S/c1-15-6-3-4-8-17(15)14-22(26(2,24)25)11-10-19(23)21-18-9-5-7-16(12-18)13-20/h3-9,12H,10-11,14H2,1-2H3,(H,21,23). The molecule has 2 rings (SSSR count).